The number of nitrogens with one attached hydrogen (secondary N) is 1. The van der Waals surface area contributed by atoms with Crippen LogP contribution in [0.4, 0.5) is 0 Å². The third-order valence-electron chi connectivity index (χ3n) is 3.86. The summed E-state index contributed by atoms with van der Waals surface area (Å²) in [5, 5.41) is 3.67. The molecule has 1 nitrogen and oxygen atoms in total. The lowest BCUT2D eigenvalue weighted by Crippen LogP contribution is -2.26. The first-order valence-electron chi connectivity index (χ1n) is 6.14. The molecule has 0 amide bonds. The number of benzene rings is 1. The van der Waals surface area contributed by atoms with Gasteiger partial charge in [-0.1, -0.05) is 19.1 Å². The van der Waals surface area contributed by atoms with Gasteiger partial charge in [0.05, 0.1) is 0 Å². The molecule has 2 rings (SSSR count). The topological polar surface area (TPSA) is 12.0 Å². The molecule has 0 spiro atoms. The summed E-state index contributed by atoms with van der Waals surface area (Å²) in [7, 11) is 0. The molecule has 1 aliphatic carbocycles. The van der Waals surface area contributed by atoms with Crippen molar-refractivity contribution in [2.24, 2.45) is 5.41 Å². The molecular weight excluding hydrogens is 309 g/mol. The second-order valence-corrected chi connectivity index (χ2v) is 6.25. The number of rotatable bonds is 5. The molecule has 2 heteroatoms. The van der Waals surface area contributed by atoms with Crippen LogP contribution in [0.5, 0.6) is 0 Å². The smallest absolute Gasteiger partial charge is 0.0292 e. The summed E-state index contributed by atoms with van der Waals surface area (Å²) in [6.07, 6.45) is 4.14. The Kier molecular flexibility index (Phi) is 3.90. The maximum absolute atomic E-state index is 3.67. The number of hydrogen-bond donors (Lipinski definition) is 1. The zero-order valence-corrected chi connectivity index (χ0v) is 12.3. The average Bonchev–Trinajstić information content (AvgIpc) is 3.08. The summed E-state index contributed by atoms with van der Waals surface area (Å²) in [6.45, 7) is 5.74. The number of halogens is 1. The van der Waals surface area contributed by atoms with E-state index in [1.54, 1.807) is 0 Å². The summed E-state index contributed by atoms with van der Waals surface area (Å²) in [5.74, 6) is 0. The van der Waals surface area contributed by atoms with Crippen LogP contribution in [0.2, 0.25) is 0 Å². The van der Waals surface area contributed by atoms with Crippen molar-refractivity contribution in [2.45, 2.75) is 39.2 Å². The Morgan fingerprint density at radius 2 is 1.94 bits per heavy atom. The molecule has 1 N–H and O–H groups in total. The normalized spacial score (nSPS) is 19.4. The summed E-state index contributed by atoms with van der Waals surface area (Å²) in [5.41, 5.74) is 2.03. The van der Waals surface area contributed by atoms with E-state index in [9.17, 15) is 0 Å². The van der Waals surface area contributed by atoms with Crippen LogP contribution < -0.4 is 5.32 Å². The van der Waals surface area contributed by atoms with Gasteiger partial charge in [-0.05, 0) is 71.9 Å². The van der Waals surface area contributed by atoms with E-state index >= 15 is 0 Å². The average molecular weight is 329 g/mol. The van der Waals surface area contributed by atoms with Gasteiger partial charge in [-0.15, -0.1) is 0 Å². The molecule has 1 fully saturated rings. The molecular formula is C14H20IN. The largest absolute Gasteiger partial charge is 0.310 e. The van der Waals surface area contributed by atoms with Gasteiger partial charge >= 0.3 is 0 Å². The van der Waals surface area contributed by atoms with Crippen molar-refractivity contribution in [3.05, 3.63) is 33.4 Å². The van der Waals surface area contributed by atoms with E-state index in [0.29, 0.717) is 11.5 Å². The summed E-state index contributed by atoms with van der Waals surface area (Å²) < 4.78 is 1.31. The predicted molar refractivity (Wildman–Crippen MR) is 77.5 cm³/mol. The van der Waals surface area contributed by atoms with E-state index in [4.69, 9.17) is 0 Å². The minimum atomic E-state index is 0.473. The molecule has 1 unspecified atom stereocenters. The highest BCUT2D eigenvalue weighted by Gasteiger charge is 2.40. The Labute approximate surface area is 112 Å². The quantitative estimate of drug-likeness (QED) is 0.801. The van der Waals surface area contributed by atoms with Gasteiger partial charge in [-0.3, -0.25) is 0 Å². The highest BCUT2D eigenvalue weighted by molar-refractivity contribution is 14.1. The molecule has 88 valence electrons. The highest BCUT2D eigenvalue weighted by atomic mass is 127. The fourth-order valence-electron chi connectivity index (χ4n) is 2.07. The van der Waals surface area contributed by atoms with Crippen molar-refractivity contribution >= 4 is 22.6 Å². The van der Waals surface area contributed by atoms with Gasteiger partial charge in [0.1, 0.15) is 0 Å². The van der Waals surface area contributed by atoms with Crippen LogP contribution >= 0.6 is 22.6 Å². The standard InChI is InChI=1S/C14H20IN/c1-3-14(8-9-14)10-16-11(2)12-4-6-13(15)7-5-12/h4-7,11,16H,3,8-10H2,1-2H3. The Balaban J connectivity index is 1.88. The van der Waals surface area contributed by atoms with E-state index in [-0.39, 0.29) is 0 Å². The van der Waals surface area contributed by atoms with Crippen molar-refractivity contribution in [3.63, 3.8) is 0 Å². The van der Waals surface area contributed by atoms with Crippen LogP contribution in [0.25, 0.3) is 0 Å². The zero-order chi connectivity index (χ0) is 11.6. The minimum Gasteiger partial charge on any atom is -0.310 e. The lowest BCUT2D eigenvalue weighted by atomic mass is 10.0. The van der Waals surface area contributed by atoms with Crippen LogP contribution in [-0.4, -0.2) is 6.54 Å². The maximum atomic E-state index is 3.67. The Bertz CT molecular complexity index is 340. The Hall–Kier alpha value is -0.0900. The maximum Gasteiger partial charge on any atom is 0.0292 e. The molecule has 0 heterocycles. The molecule has 0 radical (unpaired) electrons. The van der Waals surface area contributed by atoms with Gasteiger partial charge in [0.15, 0.2) is 0 Å². The van der Waals surface area contributed by atoms with Crippen LogP contribution in [0, 0.1) is 8.99 Å². The molecule has 0 aromatic heterocycles. The minimum absolute atomic E-state index is 0.473. The Morgan fingerprint density at radius 3 is 2.44 bits per heavy atom. The van der Waals surface area contributed by atoms with E-state index in [0.717, 1.165) is 0 Å². The predicted octanol–water partition coefficient (Wildman–Crippen LogP) is 4.13. The summed E-state index contributed by atoms with van der Waals surface area (Å²) in [6, 6.07) is 9.29. The highest BCUT2D eigenvalue weighted by Crippen LogP contribution is 2.48. The van der Waals surface area contributed by atoms with E-state index < -0.39 is 0 Å². The van der Waals surface area contributed by atoms with Crippen molar-refractivity contribution in [3.8, 4) is 0 Å². The monoisotopic (exact) mass is 329 g/mol. The molecule has 1 atom stereocenters. The van der Waals surface area contributed by atoms with Crippen molar-refractivity contribution in [1.29, 1.82) is 0 Å². The SMILES string of the molecule is CCC1(CNC(C)c2ccc(I)cc2)CC1. The van der Waals surface area contributed by atoms with Gasteiger partial charge in [-0.25, -0.2) is 0 Å². The lowest BCUT2D eigenvalue weighted by Gasteiger charge is -2.19. The van der Waals surface area contributed by atoms with Crippen molar-refractivity contribution in [1.82, 2.24) is 5.32 Å². The second kappa shape index (κ2) is 5.05. The summed E-state index contributed by atoms with van der Waals surface area (Å²) >= 11 is 2.35. The van der Waals surface area contributed by atoms with Gasteiger partial charge in [0.2, 0.25) is 0 Å². The zero-order valence-electron chi connectivity index (χ0n) is 10.1. The fourth-order valence-corrected chi connectivity index (χ4v) is 2.43. The van der Waals surface area contributed by atoms with Gasteiger partial charge in [0.25, 0.3) is 0 Å². The Morgan fingerprint density at radius 1 is 1.31 bits per heavy atom. The first kappa shape index (κ1) is 12.4. The molecule has 1 aliphatic rings. The molecule has 1 saturated carbocycles. The first-order valence-corrected chi connectivity index (χ1v) is 7.22. The van der Waals surface area contributed by atoms with Crippen molar-refractivity contribution in [2.75, 3.05) is 6.54 Å². The van der Waals surface area contributed by atoms with Gasteiger partial charge < -0.3 is 5.32 Å². The molecule has 1 aromatic rings. The summed E-state index contributed by atoms with van der Waals surface area (Å²) in [4.78, 5) is 0. The van der Waals surface area contributed by atoms with Crippen LogP contribution in [0.1, 0.15) is 44.7 Å². The van der Waals surface area contributed by atoms with E-state index in [1.165, 1.54) is 34.9 Å². The number of hydrogen-bond acceptors (Lipinski definition) is 1. The van der Waals surface area contributed by atoms with Crippen LogP contribution in [0.3, 0.4) is 0 Å². The molecule has 0 aliphatic heterocycles. The molecule has 1 aromatic carbocycles. The van der Waals surface area contributed by atoms with E-state index in [1.807, 2.05) is 0 Å². The lowest BCUT2D eigenvalue weighted by molar-refractivity contribution is 0.415. The van der Waals surface area contributed by atoms with Crippen LogP contribution in [0.15, 0.2) is 24.3 Å². The fraction of sp³-hybridized carbons (Fsp3) is 0.571. The van der Waals surface area contributed by atoms with Gasteiger partial charge in [-0.2, -0.15) is 0 Å². The van der Waals surface area contributed by atoms with Gasteiger partial charge in [0, 0.05) is 16.2 Å². The molecule has 16 heavy (non-hydrogen) atoms. The van der Waals surface area contributed by atoms with Crippen LogP contribution in [-0.2, 0) is 0 Å². The first-order chi connectivity index (χ1) is 7.65. The van der Waals surface area contributed by atoms with Crippen molar-refractivity contribution < 1.29 is 0 Å². The molecule has 0 bridgehead atoms. The molecule has 0 saturated heterocycles. The van der Waals surface area contributed by atoms with E-state index in [2.05, 4.69) is 66.0 Å². The second-order valence-electron chi connectivity index (χ2n) is 5.01. The third kappa shape index (κ3) is 2.98. The third-order valence-corrected chi connectivity index (χ3v) is 4.58.